The topological polar surface area (TPSA) is 15.3 Å². The Morgan fingerprint density at radius 2 is 1.73 bits per heavy atom. The van der Waals surface area contributed by atoms with Gasteiger partial charge in [-0.3, -0.25) is 0 Å². The number of benzene rings is 1. The molecule has 0 unspecified atom stereocenters. The molecule has 0 radical (unpaired) electrons. The summed E-state index contributed by atoms with van der Waals surface area (Å²) in [6, 6.07) is 6.23. The van der Waals surface area contributed by atoms with Crippen molar-refractivity contribution in [1.29, 1.82) is 0 Å². The van der Waals surface area contributed by atoms with Gasteiger partial charge in [0.05, 0.1) is 5.57 Å². The van der Waals surface area contributed by atoms with Crippen LogP contribution in [0.5, 0.6) is 0 Å². The van der Waals surface area contributed by atoms with E-state index >= 15 is 0 Å². The molecule has 0 aromatic heterocycles. The van der Waals surface area contributed by atoms with Crippen molar-refractivity contribution in [3.05, 3.63) is 89.3 Å². The van der Waals surface area contributed by atoms with Crippen molar-refractivity contribution < 1.29 is 13.2 Å². The molecule has 1 aliphatic heterocycles. The lowest BCUT2D eigenvalue weighted by atomic mass is 9.93. The van der Waals surface area contributed by atoms with Gasteiger partial charge in [-0.15, -0.1) is 0 Å². The third-order valence-electron chi connectivity index (χ3n) is 5.99. The average molecular weight is 459 g/mol. The fourth-order valence-corrected chi connectivity index (χ4v) is 4.14. The molecular weight excluding hydrogens is 421 g/mol. The number of nitrogens with one attached hydrogen (secondary N) is 1. The number of likely N-dealkylation sites (tertiary alicyclic amines) is 1. The van der Waals surface area contributed by atoms with Gasteiger partial charge in [-0.05, 0) is 101 Å². The summed E-state index contributed by atoms with van der Waals surface area (Å²) in [4.78, 5) is 2.52. The monoisotopic (exact) mass is 458 g/mol. The van der Waals surface area contributed by atoms with Gasteiger partial charge >= 0.3 is 6.18 Å². The highest BCUT2D eigenvalue weighted by Crippen LogP contribution is 2.29. The van der Waals surface area contributed by atoms with Crippen molar-refractivity contribution in [3.8, 4) is 0 Å². The minimum absolute atomic E-state index is 0.148. The molecule has 1 aromatic rings. The Balaban J connectivity index is 2.18. The third kappa shape index (κ3) is 8.73. The number of hydrogen-bond donors (Lipinski definition) is 1. The first-order valence-corrected chi connectivity index (χ1v) is 11.7. The van der Waals surface area contributed by atoms with Gasteiger partial charge in [0.25, 0.3) is 0 Å². The summed E-state index contributed by atoms with van der Waals surface area (Å²) in [5, 5.41) is 2.93. The highest BCUT2D eigenvalue weighted by atomic mass is 19.4. The van der Waals surface area contributed by atoms with Crippen LogP contribution < -0.4 is 5.32 Å². The van der Waals surface area contributed by atoms with E-state index in [0.29, 0.717) is 5.70 Å². The molecule has 2 nitrogen and oxygen atoms in total. The maximum Gasteiger partial charge on any atom is 0.416 e. The van der Waals surface area contributed by atoms with Crippen molar-refractivity contribution in [2.75, 3.05) is 19.6 Å². The van der Waals surface area contributed by atoms with Gasteiger partial charge in [0.1, 0.15) is 0 Å². The molecule has 0 atom stereocenters. The highest BCUT2D eigenvalue weighted by Gasteiger charge is 2.31. The summed E-state index contributed by atoms with van der Waals surface area (Å²) in [6.07, 6.45) is 6.66. The Morgan fingerprint density at radius 3 is 2.36 bits per heavy atom. The van der Waals surface area contributed by atoms with E-state index in [1.807, 2.05) is 12.1 Å². The quantitative estimate of drug-likeness (QED) is 0.363. The SMILES string of the molecule is C=C(/C=C(/CCCN1CCCCC1)c1cccc(C)c1C)NC(=C)/C=C(\C=C/C)C(F)(F)F. The molecule has 1 N–H and O–H groups in total. The lowest BCUT2D eigenvalue weighted by Gasteiger charge is -2.26. The van der Waals surface area contributed by atoms with Crippen LogP contribution in [0.25, 0.3) is 5.57 Å². The van der Waals surface area contributed by atoms with Crippen molar-refractivity contribution in [3.63, 3.8) is 0 Å². The minimum atomic E-state index is -4.44. The molecule has 1 saturated heterocycles. The highest BCUT2D eigenvalue weighted by molar-refractivity contribution is 5.71. The van der Waals surface area contributed by atoms with Gasteiger partial charge in [-0.2, -0.15) is 13.2 Å². The molecule has 5 heteroatoms. The number of halogens is 3. The molecule has 33 heavy (non-hydrogen) atoms. The predicted molar refractivity (Wildman–Crippen MR) is 134 cm³/mol. The zero-order valence-corrected chi connectivity index (χ0v) is 20.2. The summed E-state index contributed by atoms with van der Waals surface area (Å²) in [7, 11) is 0. The van der Waals surface area contributed by atoms with E-state index in [1.165, 1.54) is 36.5 Å². The number of piperidine rings is 1. The van der Waals surface area contributed by atoms with Crippen LogP contribution in [0.4, 0.5) is 13.2 Å². The van der Waals surface area contributed by atoms with Gasteiger partial charge in [0, 0.05) is 11.4 Å². The normalized spacial score (nSPS) is 16.3. The number of nitrogens with zero attached hydrogens (tertiary/aromatic N) is 1. The van der Waals surface area contributed by atoms with E-state index in [0.717, 1.165) is 55.8 Å². The Hall–Kier alpha value is -2.53. The Bertz CT molecular complexity index is 914. The molecule has 1 heterocycles. The van der Waals surface area contributed by atoms with Crippen LogP contribution in [0.2, 0.25) is 0 Å². The molecule has 180 valence electrons. The molecule has 0 amide bonds. The predicted octanol–water partition coefficient (Wildman–Crippen LogP) is 7.63. The summed E-state index contributed by atoms with van der Waals surface area (Å²) in [6.45, 7) is 16.9. The zero-order valence-electron chi connectivity index (χ0n) is 20.2. The molecule has 0 bridgehead atoms. The van der Waals surface area contributed by atoms with Crippen molar-refractivity contribution in [2.45, 2.75) is 59.1 Å². The second kappa shape index (κ2) is 12.6. The average Bonchev–Trinajstić information content (AvgIpc) is 2.75. The standard InChI is InChI=1S/C28H37F3N2/c1-6-12-26(28(29,30)31)20-23(4)32-22(3)19-25(27-15-10-13-21(2)24(27)5)14-11-18-33-16-8-7-9-17-33/h6,10,12-13,15,19-20,32H,3-4,7-9,11,14,16-18H2,1-2,5H3/b12-6-,25-19-,26-20+. The number of aryl methyl sites for hydroxylation is 1. The van der Waals surface area contributed by atoms with E-state index < -0.39 is 11.7 Å². The molecule has 0 spiro atoms. The fourth-order valence-electron chi connectivity index (χ4n) is 4.14. The van der Waals surface area contributed by atoms with E-state index in [1.54, 1.807) is 6.92 Å². The number of hydrogen-bond acceptors (Lipinski definition) is 2. The molecule has 1 fully saturated rings. The first-order chi connectivity index (χ1) is 15.6. The molecule has 0 aliphatic carbocycles. The van der Waals surface area contributed by atoms with Gasteiger partial charge < -0.3 is 10.2 Å². The summed E-state index contributed by atoms with van der Waals surface area (Å²) >= 11 is 0. The number of rotatable bonds is 10. The summed E-state index contributed by atoms with van der Waals surface area (Å²) in [5.74, 6) is 0. The smallest absolute Gasteiger partial charge is 0.356 e. The van der Waals surface area contributed by atoms with E-state index in [4.69, 9.17) is 0 Å². The molecule has 1 aromatic carbocycles. The Morgan fingerprint density at radius 1 is 1.06 bits per heavy atom. The lowest BCUT2D eigenvalue weighted by molar-refractivity contribution is -0.0882. The molecule has 2 rings (SSSR count). The van der Waals surface area contributed by atoms with Crippen LogP contribution in [0, 0.1) is 13.8 Å². The largest absolute Gasteiger partial charge is 0.416 e. The van der Waals surface area contributed by atoms with E-state index in [9.17, 15) is 13.2 Å². The number of allylic oxidation sites excluding steroid dienone is 6. The lowest BCUT2D eigenvalue weighted by Crippen LogP contribution is -2.30. The van der Waals surface area contributed by atoms with E-state index in [-0.39, 0.29) is 5.70 Å². The Labute approximate surface area is 197 Å². The van der Waals surface area contributed by atoms with Crippen LogP contribution in [0.3, 0.4) is 0 Å². The van der Waals surface area contributed by atoms with Gasteiger partial charge in [-0.1, -0.05) is 49.9 Å². The third-order valence-corrected chi connectivity index (χ3v) is 5.99. The summed E-state index contributed by atoms with van der Waals surface area (Å²) in [5.41, 5.74) is 4.62. The first-order valence-electron chi connectivity index (χ1n) is 11.7. The van der Waals surface area contributed by atoms with E-state index in [2.05, 4.69) is 49.4 Å². The van der Waals surface area contributed by atoms with Gasteiger partial charge in [0.2, 0.25) is 0 Å². The zero-order chi connectivity index (χ0) is 24.4. The van der Waals surface area contributed by atoms with Crippen LogP contribution in [-0.4, -0.2) is 30.7 Å². The molecule has 1 aliphatic rings. The second-order valence-electron chi connectivity index (χ2n) is 8.70. The second-order valence-corrected chi connectivity index (χ2v) is 8.70. The minimum Gasteiger partial charge on any atom is -0.356 e. The van der Waals surface area contributed by atoms with Crippen molar-refractivity contribution >= 4 is 5.57 Å². The molecular formula is C28H37F3N2. The van der Waals surface area contributed by atoms with Crippen LogP contribution in [-0.2, 0) is 0 Å². The van der Waals surface area contributed by atoms with Crippen molar-refractivity contribution in [2.24, 2.45) is 0 Å². The maximum absolute atomic E-state index is 13.2. The van der Waals surface area contributed by atoms with Crippen LogP contribution >= 0.6 is 0 Å². The van der Waals surface area contributed by atoms with Crippen molar-refractivity contribution in [1.82, 2.24) is 10.2 Å². The van der Waals surface area contributed by atoms with Crippen LogP contribution in [0.1, 0.15) is 55.7 Å². The number of alkyl halides is 3. The van der Waals surface area contributed by atoms with Gasteiger partial charge in [-0.25, -0.2) is 0 Å². The first kappa shape index (κ1) is 26.7. The Kier molecular flexibility index (Phi) is 10.2. The fraction of sp³-hybridized carbons (Fsp3) is 0.429. The van der Waals surface area contributed by atoms with Gasteiger partial charge in [0.15, 0.2) is 0 Å². The van der Waals surface area contributed by atoms with Crippen LogP contribution in [0.15, 0.2) is 72.6 Å². The summed E-state index contributed by atoms with van der Waals surface area (Å²) < 4.78 is 39.6. The maximum atomic E-state index is 13.2. The molecule has 0 saturated carbocycles.